The van der Waals surface area contributed by atoms with Gasteiger partial charge in [0.25, 0.3) is 5.56 Å². The molecule has 1 fully saturated rings. The first-order valence-electron chi connectivity index (χ1n) is 24.7. The first-order chi connectivity index (χ1) is 36.9. The molecule has 24 nitrogen and oxygen atoms in total. The molecule has 8 amide bonds. The van der Waals surface area contributed by atoms with Gasteiger partial charge in [-0.15, -0.1) is 23.6 Å². The van der Waals surface area contributed by atoms with Crippen LogP contribution in [-0.2, 0) is 87.5 Å². The summed E-state index contributed by atoms with van der Waals surface area (Å²) in [6.07, 6.45) is 2.15. The van der Waals surface area contributed by atoms with Gasteiger partial charge in [-0.1, -0.05) is 50.3 Å². The summed E-state index contributed by atoms with van der Waals surface area (Å²) >= 11 is 0. The van der Waals surface area contributed by atoms with E-state index in [2.05, 4.69) is 51.7 Å². The molecule has 0 saturated carbocycles. The minimum Gasteiger partial charge on any atom is -0.683 e. The number of likely N-dealkylation sites (tertiary alicyclic amines) is 1. The Morgan fingerprint density at radius 3 is 2.26 bits per heavy atom. The molecule has 3 aliphatic heterocycles. The van der Waals surface area contributed by atoms with Crippen molar-refractivity contribution in [1.82, 2.24) is 46.4 Å². The zero-order chi connectivity index (χ0) is 55.4. The minimum atomic E-state index is -1.85. The number of fused-ring (bicyclic) bond motifs is 5. The number of hydrogen-bond acceptors (Lipinski definition) is 16. The molecule has 3 aliphatic rings. The van der Waals surface area contributed by atoms with E-state index in [0.717, 1.165) is 6.92 Å². The number of pyridine rings is 2. The normalized spacial score (nSPS) is 15.3. The van der Waals surface area contributed by atoms with Crippen LogP contribution in [0.3, 0.4) is 0 Å². The largest absolute Gasteiger partial charge is 2.00 e. The Kier molecular flexibility index (Phi) is 20.6. The molecule has 0 bridgehead atoms. The van der Waals surface area contributed by atoms with Gasteiger partial charge >= 0.3 is 43.1 Å². The molecule has 7 rings (SSSR count). The summed E-state index contributed by atoms with van der Waals surface area (Å²) in [5, 5.41) is 15.6. The fourth-order valence-electron chi connectivity index (χ4n) is 9.07. The molecule has 78 heavy (non-hydrogen) atoms. The summed E-state index contributed by atoms with van der Waals surface area (Å²) in [4.78, 5) is 146. The molecule has 25 heteroatoms. The van der Waals surface area contributed by atoms with E-state index in [1.807, 2.05) is 0 Å². The summed E-state index contributed by atoms with van der Waals surface area (Å²) < 4.78 is 23.0. The molecule has 5 heterocycles. The van der Waals surface area contributed by atoms with Crippen LogP contribution < -0.4 is 42.2 Å². The van der Waals surface area contributed by atoms with Crippen LogP contribution in [0.5, 0.6) is 5.75 Å². The predicted molar refractivity (Wildman–Crippen MR) is 271 cm³/mol. The first-order valence-corrected chi connectivity index (χ1v) is 24.7. The second kappa shape index (κ2) is 27.0. The maximum Gasteiger partial charge on any atom is 2.00 e. The average molecular weight is 1300 g/mol. The Hall–Kier alpha value is -7.75. The molecule has 6 N–H and O–H groups in total. The number of nitrogens with zero attached hydrogens (tertiary/aromatic N) is 3. The summed E-state index contributed by atoms with van der Waals surface area (Å²) in [5.41, 5.74) is 0.991. The van der Waals surface area contributed by atoms with Crippen molar-refractivity contribution >= 4 is 75.7 Å². The number of carbonyl (C=O) groups is 10. The van der Waals surface area contributed by atoms with Gasteiger partial charge in [0.1, 0.15) is 26.0 Å². The second-order valence-corrected chi connectivity index (χ2v) is 18.1. The van der Waals surface area contributed by atoms with Crippen LogP contribution in [0.1, 0.15) is 86.6 Å². The van der Waals surface area contributed by atoms with Crippen LogP contribution in [0.2, 0.25) is 0 Å². The molecule has 2 atom stereocenters. The van der Waals surface area contributed by atoms with Crippen molar-refractivity contribution in [2.75, 3.05) is 39.5 Å². The Balaban J connectivity index is 0.00000984. The Bertz CT molecular complexity index is 3090. The van der Waals surface area contributed by atoms with Crippen molar-refractivity contribution in [3.8, 4) is 17.1 Å². The molecule has 4 aromatic rings. The van der Waals surface area contributed by atoms with Crippen molar-refractivity contribution in [3.05, 3.63) is 106 Å². The monoisotopic (exact) mass is 1300 g/mol. The van der Waals surface area contributed by atoms with E-state index in [4.69, 9.17) is 23.9 Å². The quantitative estimate of drug-likeness (QED) is 0.0153. The first kappa shape index (κ1) is 59.5. The van der Waals surface area contributed by atoms with Gasteiger partial charge in [-0.3, -0.25) is 52.8 Å². The average Bonchev–Trinajstić information content (AvgIpc) is 4.15. The van der Waals surface area contributed by atoms with E-state index in [1.165, 1.54) is 9.47 Å². The maximum absolute atomic E-state index is 14.1. The molecule has 408 valence electrons. The Morgan fingerprint density at radius 2 is 1.55 bits per heavy atom. The third kappa shape index (κ3) is 14.0. The van der Waals surface area contributed by atoms with Crippen LogP contribution in [-0.4, -0.2) is 119 Å². The predicted octanol–water partition coefficient (Wildman–Crippen LogP) is 0.584. The van der Waals surface area contributed by atoms with Crippen LogP contribution in [0, 0.1) is 44.3 Å². The number of hydrogen-bond donors (Lipinski definition) is 6. The van der Waals surface area contributed by atoms with Gasteiger partial charge in [-0.05, 0) is 53.3 Å². The van der Waals surface area contributed by atoms with Crippen molar-refractivity contribution in [2.24, 2.45) is 0 Å². The maximum atomic E-state index is 14.1. The summed E-state index contributed by atoms with van der Waals surface area (Å²) in [6, 6.07) is 14.8. The van der Waals surface area contributed by atoms with E-state index in [-0.39, 0.29) is 111 Å². The van der Waals surface area contributed by atoms with Gasteiger partial charge in [-0.2, -0.15) is 7.11 Å². The van der Waals surface area contributed by atoms with Crippen LogP contribution in [0.25, 0.3) is 27.9 Å². The number of nitrogens with one attached hydrogen (secondary N) is 6. The fraction of sp³-hybridized carbons (Fsp3) is 0.377. The second-order valence-electron chi connectivity index (χ2n) is 18.1. The molecule has 0 radical (unpaired) electrons. The van der Waals surface area contributed by atoms with Crippen molar-refractivity contribution < 1.29 is 98.0 Å². The molecular formula is C53H57N9O15U. The molecule has 1 saturated heterocycles. The molecule has 2 aromatic carbocycles. The number of esters is 2. The number of ether oxygens (including phenoxy) is 4. The Morgan fingerprint density at radius 1 is 0.859 bits per heavy atom. The van der Waals surface area contributed by atoms with Gasteiger partial charge in [0.2, 0.25) is 52.9 Å². The third-order valence-corrected chi connectivity index (χ3v) is 13.0. The van der Waals surface area contributed by atoms with Crippen molar-refractivity contribution in [1.29, 1.82) is 0 Å². The third-order valence-electron chi connectivity index (χ3n) is 13.0. The van der Waals surface area contributed by atoms with Gasteiger partial charge in [-0.25, -0.2) is 4.79 Å². The van der Waals surface area contributed by atoms with E-state index in [9.17, 15) is 52.7 Å². The standard InChI is InChI=1S/C53H57N9O15.U/c1-5-53(77-31(3)63)38-21-40-49-36(26-62(40)51(72)37(38)27-76-52(53)73)35(34-20-33(74-4)15-16-39(34)59-49)22-54-45(68)28-75-29-58-43(66)24-57-50(71)48(30(2)32-12-8-6-9-13-32)60-44(67)25-56-42(65)23-55-41(64)14-10-7-11-19-61-46(69)17-18-47(61)70;/h6,8-9,12-13,16,20-21,48H,2,4-5,7,10-11,14,17-19,22-29H2,1,3H3,(H,54,68)(H,55,64)(H,56,65)(H,57,71)(H,58,66)(H,60,67);/q-2;+2/t48-,53-;/m0./s1. The van der Waals surface area contributed by atoms with Gasteiger partial charge in [0, 0.05) is 50.4 Å². The van der Waals surface area contributed by atoms with Crippen LogP contribution in [0.4, 0.5) is 0 Å². The number of unbranched alkanes of at least 4 members (excludes halogenated alkanes) is 2. The number of aromatic nitrogens is 2. The number of cyclic esters (lactones) is 1. The summed E-state index contributed by atoms with van der Waals surface area (Å²) in [7, 11) is 3.46. The van der Waals surface area contributed by atoms with E-state index in [1.54, 1.807) is 55.5 Å². The van der Waals surface area contributed by atoms with E-state index in [0.29, 0.717) is 64.8 Å². The number of rotatable bonds is 25. The fourth-order valence-corrected chi connectivity index (χ4v) is 9.07. The molecule has 2 aromatic heterocycles. The molecular weight excluding hydrogens is 1240 g/mol. The van der Waals surface area contributed by atoms with E-state index >= 15 is 0 Å². The van der Waals surface area contributed by atoms with Crippen LogP contribution >= 0.6 is 0 Å². The van der Waals surface area contributed by atoms with E-state index < -0.39 is 97.6 Å². The van der Waals surface area contributed by atoms with Crippen LogP contribution in [0.15, 0.2) is 59.9 Å². The van der Waals surface area contributed by atoms with Gasteiger partial charge in [0.05, 0.1) is 43.1 Å². The van der Waals surface area contributed by atoms with Crippen molar-refractivity contribution in [2.45, 2.75) is 90.1 Å². The molecule has 0 spiro atoms. The summed E-state index contributed by atoms with van der Waals surface area (Å²) in [5.74, 6) is -5.64. The topological polar surface area (TPSA) is 318 Å². The number of imide groups is 1. The minimum absolute atomic E-state index is 0. The van der Waals surface area contributed by atoms with Gasteiger partial charge < -0.3 is 60.4 Å². The molecule has 0 unspecified atom stereocenters. The van der Waals surface area contributed by atoms with Crippen molar-refractivity contribution in [3.63, 3.8) is 0 Å². The Labute approximate surface area is 470 Å². The number of carbonyl (C=O) groups excluding carboxylic acids is 10. The zero-order valence-corrected chi connectivity index (χ0v) is 47.1. The number of benzene rings is 2. The zero-order valence-electron chi connectivity index (χ0n) is 42.9. The molecule has 0 aliphatic carbocycles. The summed E-state index contributed by atoms with van der Waals surface area (Å²) in [6.45, 7) is 4.15. The number of amides is 8. The smallest absolute Gasteiger partial charge is 0.683 e. The van der Waals surface area contributed by atoms with Gasteiger partial charge in [0.15, 0.2) is 0 Å². The SMILES string of the molecule is C=C(c1ccccc1)[C@H](NC(=O)CNC(=O)CNC(=O)CCCCCN1C(=O)CCC1=O)C(=O)NCC(=O)NCOCC(=O)NCc1c2c(nc3c[c-]c(O[CH2-])cc13)-c1cc3c(c(=O)n1C2)COC(=O)[C@@]3(CC)OC(C)=O.[U+2].